The summed E-state index contributed by atoms with van der Waals surface area (Å²) in [5.74, 6) is -0.349. The summed E-state index contributed by atoms with van der Waals surface area (Å²) in [7, 11) is 0. The van der Waals surface area contributed by atoms with Gasteiger partial charge in [-0.25, -0.2) is 4.79 Å². The fourth-order valence-electron chi connectivity index (χ4n) is 3.05. The van der Waals surface area contributed by atoms with Crippen molar-refractivity contribution in [1.29, 1.82) is 0 Å². The molecule has 116 valence electrons. The maximum absolute atomic E-state index is 12.5. The minimum atomic E-state index is -0.579. The van der Waals surface area contributed by atoms with E-state index < -0.39 is 5.63 Å². The second-order valence-corrected chi connectivity index (χ2v) is 5.85. The van der Waals surface area contributed by atoms with E-state index in [4.69, 9.17) is 4.42 Å². The van der Waals surface area contributed by atoms with Crippen molar-refractivity contribution in [3.8, 4) is 0 Å². The van der Waals surface area contributed by atoms with Crippen LogP contribution in [-0.4, -0.2) is 24.5 Å². The Hall–Kier alpha value is -2.14. The second-order valence-electron chi connectivity index (χ2n) is 5.85. The minimum Gasteiger partial charge on any atom is -0.422 e. The number of carbonyl (C=O) groups excluding carboxylic acids is 1. The topological polar surface area (TPSA) is 71.3 Å². The Morgan fingerprint density at radius 3 is 2.91 bits per heavy atom. The number of hydrogen-bond acceptors (Lipinski definition) is 4. The molecule has 0 bridgehead atoms. The first-order valence-electron chi connectivity index (χ1n) is 7.64. The number of carbonyl (C=O) groups is 1. The number of hydrogen-bond donors (Lipinski definition) is 2. The standard InChI is InChI=1S/C17H20N2O3/c1-10-12-6-3-4-8-14(12)22-17(21)15(10)16(20)19-13-7-5-9-18-11(13)2/h3-4,6,8,11,13,18H,5,7,9H2,1-2H3,(H,19,20). The van der Waals surface area contributed by atoms with Crippen molar-refractivity contribution < 1.29 is 9.21 Å². The van der Waals surface area contributed by atoms with E-state index in [-0.39, 0.29) is 23.6 Å². The molecule has 1 aromatic heterocycles. The number of amides is 1. The molecule has 3 rings (SSSR count). The molecule has 2 heterocycles. The molecule has 0 radical (unpaired) electrons. The van der Waals surface area contributed by atoms with Crippen LogP contribution >= 0.6 is 0 Å². The molecule has 0 spiro atoms. The van der Waals surface area contributed by atoms with Crippen molar-refractivity contribution in [1.82, 2.24) is 10.6 Å². The van der Waals surface area contributed by atoms with E-state index in [0.29, 0.717) is 11.1 Å². The van der Waals surface area contributed by atoms with E-state index in [1.54, 1.807) is 19.1 Å². The Balaban J connectivity index is 1.95. The number of nitrogens with one attached hydrogen (secondary N) is 2. The third kappa shape index (κ3) is 2.64. The lowest BCUT2D eigenvalue weighted by molar-refractivity contribution is 0.0915. The number of fused-ring (bicyclic) bond motifs is 1. The van der Waals surface area contributed by atoms with Crippen LogP contribution in [0.15, 0.2) is 33.5 Å². The zero-order valence-corrected chi connectivity index (χ0v) is 12.8. The molecule has 5 heteroatoms. The van der Waals surface area contributed by atoms with Crippen LogP contribution in [0.2, 0.25) is 0 Å². The molecule has 5 nitrogen and oxygen atoms in total. The van der Waals surface area contributed by atoms with E-state index in [9.17, 15) is 9.59 Å². The van der Waals surface area contributed by atoms with Crippen LogP contribution in [0.1, 0.15) is 35.7 Å². The van der Waals surface area contributed by atoms with Crippen LogP contribution in [0, 0.1) is 6.92 Å². The molecule has 1 saturated heterocycles. The van der Waals surface area contributed by atoms with Gasteiger partial charge in [0, 0.05) is 17.5 Å². The van der Waals surface area contributed by atoms with Gasteiger partial charge < -0.3 is 15.1 Å². The number of benzene rings is 1. The third-order valence-corrected chi connectivity index (χ3v) is 4.38. The molecule has 2 aromatic rings. The average molecular weight is 300 g/mol. The van der Waals surface area contributed by atoms with Crippen molar-refractivity contribution in [3.63, 3.8) is 0 Å². The predicted octanol–water partition coefficient (Wildman–Crippen LogP) is 1.97. The van der Waals surface area contributed by atoms with Gasteiger partial charge in [0.2, 0.25) is 0 Å². The number of piperidine rings is 1. The lowest BCUT2D eigenvalue weighted by atomic mass is 9.99. The molecular formula is C17H20N2O3. The zero-order valence-electron chi connectivity index (χ0n) is 12.8. The molecule has 2 unspecified atom stereocenters. The maximum atomic E-state index is 12.5. The lowest BCUT2D eigenvalue weighted by Crippen LogP contribution is -2.52. The van der Waals surface area contributed by atoms with Gasteiger partial charge >= 0.3 is 5.63 Å². The van der Waals surface area contributed by atoms with Gasteiger partial charge in [0.1, 0.15) is 11.1 Å². The lowest BCUT2D eigenvalue weighted by Gasteiger charge is -2.30. The van der Waals surface area contributed by atoms with Crippen LogP contribution < -0.4 is 16.3 Å². The van der Waals surface area contributed by atoms with E-state index in [2.05, 4.69) is 10.6 Å². The summed E-state index contributed by atoms with van der Waals surface area (Å²) in [4.78, 5) is 24.7. The van der Waals surface area contributed by atoms with Crippen LogP contribution in [0.25, 0.3) is 11.0 Å². The number of rotatable bonds is 2. The monoisotopic (exact) mass is 300 g/mol. The Kier molecular flexibility index (Phi) is 3.98. The smallest absolute Gasteiger partial charge is 0.349 e. The van der Waals surface area contributed by atoms with Crippen molar-refractivity contribution >= 4 is 16.9 Å². The van der Waals surface area contributed by atoms with Gasteiger partial charge in [-0.3, -0.25) is 4.79 Å². The van der Waals surface area contributed by atoms with Crippen LogP contribution in [0.4, 0.5) is 0 Å². The van der Waals surface area contributed by atoms with Crippen molar-refractivity contribution in [2.75, 3.05) is 6.54 Å². The SMILES string of the molecule is Cc1c(C(=O)NC2CCCNC2C)c(=O)oc2ccccc12. The highest BCUT2D eigenvalue weighted by Crippen LogP contribution is 2.19. The number of para-hydroxylation sites is 1. The van der Waals surface area contributed by atoms with E-state index in [1.165, 1.54) is 0 Å². The first-order chi connectivity index (χ1) is 10.6. The highest BCUT2D eigenvalue weighted by Gasteiger charge is 2.25. The van der Waals surface area contributed by atoms with Gasteiger partial charge in [-0.2, -0.15) is 0 Å². The molecule has 1 aliphatic rings. The van der Waals surface area contributed by atoms with Gasteiger partial charge in [-0.15, -0.1) is 0 Å². The Bertz CT molecular complexity index is 766. The highest BCUT2D eigenvalue weighted by atomic mass is 16.4. The van der Waals surface area contributed by atoms with Gasteiger partial charge in [0.15, 0.2) is 0 Å². The summed E-state index contributed by atoms with van der Waals surface area (Å²) in [6, 6.07) is 7.49. The van der Waals surface area contributed by atoms with E-state index >= 15 is 0 Å². The zero-order chi connectivity index (χ0) is 15.7. The summed E-state index contributed by atoms with van der Waals surface area (Å²) in [5.41, 5.74) is 0.705. The van der Waals surface area contributed by atoms with Crippen LogP contribution in [0.3, 0.4) is 0 Å². The quantitative estimate of drug-likeness (QED) is 0.832. The number of aryl methyl sites for hydroxylation is 1. The van der Waals surface area contributed by atoms with Gasteiger partial charge in [-0.05, 0) is 44.9 Å². The fourth-order valence-corrected chi connectivity index (χ4v) is 3.05. The minimum absolute atomic E-state index is 0.0338. The van der Waals surface area contributed by atoms with Crippen molar-refractivity contribution in [3.05, 3.63) is 45.8 Å². The maximum Gasteiger partial charge on any atom is 0.349 e. The largest absolute Gasteiger partial charge is 0.422 e. The summed E-state index contributed by atoms with van der Waals surface area (Å²) in [5, 5.41) is 7.09. The third-order valence-electron chi connectivity index (χ3n) is 4.38. The van der Waals surface area contributed by atoms with E-state index in [1.807, 2.05) is 19.1 Å². The molecule has 22 heavy (non-hydrogen) atoms. The average Bonchev–Trinajstić information content (AvgIpc) is 2.49. The molecule has 1 aromatic carbocycles. The molecule has 2 atom stereocenters. The van der Waals surface area contributed by atoms with Gasteiger partial charge in [0.25, 0.3) is 5.91 Å². The first-order valence-corrected chi connectivity index (χ1v) is 7.64. The van der Waals surface area contributed by atoms with Gasteiger partial charge in [-0.1, -0.05) is 18.2 Å². The molecule has 1 fully saturated rings. The summed E-state index contributed by atoms with van der Waals surface area (Å²) in [6.07, 6.45) is 1.93. The summed E-state index contributed by atoms with van der Waals surface area (Å²) in [6.45, 7) is 4.79. The molecular weight excluding hydrogens is 280 g/mol. The van der Waals surface area contributed by atoms with Crippen LogP contribution in [0.5, 0.6) is 0 Å². The molecule has 0 aliphatic carbocycles. The summed E-state index contributed by atoms with van der Waals surface area (Å²) >= 11 is 0. The predicted molar refractivity (Wildman–Crippen MR) is 85.2 cm³/mol. The van der Waals surface area contributed by atoms with Crippen molar-refractivity contribution in [2.24, 2.45) is 0 Å². The second kappa shape index (κ2) is 5.93. The first kappa shape index (κ1) is 14.8. The van der Waals surface area contributed by atoms with Crippen molar-refractivity contribution in [2.45, 2.75) is 38.8 Å². The summed E-state index contributed by atoms with van der Waals surface area (Å²) < 4.78 is 5.28. The van der Waals surface area contributed by atoms with E-state index in [0.717, 1.165) is 24.8 Å². The van der Waals surface area contributed by atoms with Crippen LogP contribution in [-0.2, 0) is 0 Å². The normalized spacial score (nSPS) is 21.7. The molecule has 2 N–H and O–H groups in total. The fraction of sp³-hybridized carbons (Fsp3) is 0.412. The molecule has 1 aliphatic heterocycles. The Labute approximate surface area is 128 Å². The van der Waals surface area contributed by atoms with Gasteiger partial charge in [0.05, 0.1) is 0 Å². The molecule has 1 amide bonds. The Morgan fingerprint density at radius 1 is 1.36 bits per heavy atom. The highest BCUT2D eigenvalue weighted by molar-refractivity contribution is 5.99. The Morgan fingerprint density at radius 2 is 2.14 bits per heavy atom. The molecule has 0 saturated carbocycles.